The molecule has 0 saturated heterocycles. The van der Waals surface area contributed by atoms with Crippen LogP contribution in [0.4, 0.5) is 0 Å². The van der Waals surface area contributed by atoms with E-state index in [9.17, 15) is 0 Å². The fourth-order valence-corrected chi connectivity index (χ4v) is 1.29. The molecule has 0 spiro atoms. The molecule has 2 aromatic rings. The van der Waals surface area contributed by atoms with Crippen molar-refractivity contribution in [1.29, 1.82) is 0 Å². The van der Waals surface area contributed by atoms with Gasteiger partial charge in [0, 0.05) is 11.6 Å². The molecule has 0 aliphatic rings. The number of hydrogen-bond acceptors (Lipinski definition) is 3. The molecule has 3 nitrogen and oxygen atoms in total. The van der Waals surface area contributed by atoms with Crippen LogP contribution in [0.3, 0.4) is 0 Å². The van der Waals surface area contributed by atoms with Crippen LogP contribution in [-0.4, -0.2) is 10.1 Å². The number of nitrogens with zero attached hydrogens (tertiary/aromatic N) is 1. The Balaban J connectivity index is 2.82. The molecule has 0 radical (unpaired) electrons. The van der Waals surface area contributed by atoms with Gasteiger partial charge in [0.05, 0.1) is 17.9 Å². The Morgan fingerprint density at radius 3 is 3.17 bits per heavy atom. The van der Waals surface area contributed by atoms with Gasteiger partial charge in [0.15, 0.2) is 5.58 Å². The summed E-state index contributed by atoms with van der Waals surface area (Å²) in [6, 6.07) is 1.75. The first-order chi connectivity index (χ1) is 5.83. The Morgan fingerprint density at radius 1 is 1.58 bits per heavy atom. The van der Waals surface area contributed by atoms with Crippen LogP contribution in [0.2, 0.25) is 5.02 Å². The average Bonchev–Trinajstić information content (AvgIpc) is 2.54. The maximum absolute atomic E-state index is 8.88. The Labute approximate surface area is 73.6 Å². The van der Waals surface area contributed by atoms with Crippen LogP contribution < -0.4 is 0 Å². The summed E-state index contributed by atoms with van der Waals surface area (Å²) < 4.78 is 5.11. The minimum atomic E-state index is -0.138. The zero-order valence-corrected chi connectivity index (χ0v) is 6.88. The van der Waals surface area contributed by atoms with Gasteiger partial charge in [-0.3, -0.25) is 4.98 Å². The molecule has 0 amide bonds. The predicted octanol–water partition coefficient (Wildman–Crippen LogP) is 1.97. The SMILES string of the molecule is OCc1ncc(Cl)c2ccoc12. The van der Waals surface area contributed by atoms with Gasteiger partial charge in [0.2, 0.25) is 0 Å². The standard InChI is InChI=1S/C8H6ClNO2/c9-6-3-10-7(4-11)8-5(6)1-2-12-8/h1-3,11H,4H2. The smallest absolute Gasteiger partial charge is 0.159 e. The van der Waals surface area contributed by atoms with Crippen LogP contribution in [0.25, 0.3) is 11.0 Å². The Morgan fingerprint density at radius 2 is 2.42 bits per heavy atom. The van der Waals surface area contributed by atoms with Crippen molar-refractivity contribution in [1.82, 2.24) is 4.98 Å². The van der Waals surface area contributed by atoms with Gasteiger partial charge in [-0.1, -0.05) is 11.6 Å². The summed E-state index contributed by atoms with van der Waals surface area (Å²) in [5.74, 6) is 0. The molecule has 0 aliphatic heterocycles. The summed E-state index contributed by atoms with van der Waals surface area (Å²) in [4.78, 5) is 3.92. The average molecular weight is 184 g/mol. The number of fused-ring (bicyclic) bond motifs is 1. The summed E-state index contributed by atoms with van der Waals surface area (Å²) in [6.45, 7) is -0.138. The number of rotatable bonds is 1. The van der Waals surface area contributed by atoms with E-state index in [0.717, 1.165) is 5.39 Å². The van der Waals surface area contributed by atoms with Crippen LogP contribution in [0.15, 0.2) is 22.9 Å². The highest BCUT2D eigenvalue weighted by Crippen LogP contribution is 2.25. The van der Waals surface area contributed by atoms with Crippen molar-refractivity contribution in [2.24, 2.45) is 0 Å². The van der Waals surface area contributed by atoms with Crippen molar-refractivity contribution in [2.75, 3.05) is 0 Å². The van der Waals surface area contributed by atoms with Crippen LogP contribution >= 0.6 is 11.6 Å². The fraction of sp³-hybridized carbons (Fsp3) is 0.125. The number of aliphatic hydroxyl groups is 1. The van der Waals surface area contributed by atoms with Gasteiger partial charge in [-0.05, 0) is 6.07 Å². The van der Waals surface area contributed by atoms with Gasteiger partial charge < -0.3 is 9.52 Å². The third kappa shape index (κ3) is 0.983. The van der Waals surface area contributed by atoms with Crippen molar-refractivity contribution in [3.63, 3.8) is 0 Å². The number of aliphatic hydroxyl groups excluding tert-OH is 1. The molecule has 0 unspecified atom stereocenters. The molecule has 12 heavy (non-hydrogen) atoms. The van der Waals surface area contributed by atoms with E-state index >= 15 is 0 Å². The molecule has 2 rings (SSSR count). The van der Waals surface area contributed by atoms with Gasteiger partial charge >= 0.3 is 0 Å². The number of halogens is 1. The summed E-state index contributed by atoms with van der Waals surface area (Å²) in [5.41, 5.74) is 1.07. The molecule has 1 N–H and O–H groups in total. The second-order valence-corrected chi connectivity index (χ2v) is 2.78. The van der Waals surface area contributed by atoms with Crippen LogP contribution in [0, 0.1) is 0 Å². The second-order valence-electron chi connectivity index (χ2n) is 2.37. The zero-order chi connectivity index (χ0) is 8.55. The second kappa shape index (κ2) is 2.77. The molecule has 4 heteroatoms. The highest BCUT2D eigenvalue weighted by atomic mass is 35.5. The van der Waals surface area contributed by atoms with Gasteiger partial charge in [0.25, 0.3) is 0 Å². The summed E-state index contributed by atoms with van der Waals surface area (Å²) in [5, 5.41) is 10.2. The molecule has 0 aromatic carbocycles. The zero-order valence-electron chi connectivity index (χ0n) is 6.12. The summed E-state index contributed by atoms with van der Waals surface area (Å²) in [7, 11) is 0. The van der Waals surface area contributed by atoms with Gasteiger partial charge in [-0.25, -0.2) is 0 Å². The van der Waals surface area contributed by atoms with E-state index in [-0.39, 0.29) is 6.61 Å². The summed E-state index contributed by atoms with van der Waals surface area (Å²) in [6.07, 6.45) is 3.03. The molecular formula is C8H6ClNO2. The van der Waals surface area contributed by atoms with E-state index in [0.29, 0.717) is 16.3 Å². The van der Waals surface area contributed by atoms with E-state index in [2.05, 4.69) is 4.98 Å². The molecule has 0 atom stereocenters. The molecular weight excluding hydrogens is 178 g/mol. The fourth-order valence-electron chi connectivity index (χ4n) is 1.10. The van der Waals surface area contributed by atoms with Crippen LogP contribution in [0.5, 0.6) is 0 Å². The van der Waals surface area contributed by atoms with Crippen molar-refractivity contribution in [3.8, 4) is 0 Å². The topological polar surface area (TPSA) is 46.3 Å². The number of furan rings is 1. The molecule has 2 aromatic heterocycles. The lowest BCUT2D eigenvalue weighted by atomic mass is 10.3. The molecule has 2 heterocycles. The third-order valence-corrected chi connectivity index (χ3v) is 1.97. The lowest BCUT2D eigenvalue weighted by molar-refractivity contribution is 0.277. The van der Waals surface area contributed by atoms with Crippen molar-refractivity contribution >= 4 is 22.6 Å². The highest BCUT2D eigenvalue weighted by molar-refractivity contribution is 6.35. The van der Waals surface area contributed by atoms with Crippen molar-refractivity contribution in [3.05, 3.63) is 29.2 Å². The van der Waals surface area contributed by atoms with E-state index < -0.39 is 0 Å². The van der Waals surface area contributed by atoms with Crippen molar-refractivity contribution < 1.29 is 9.52 Å². The predicted molar refractivity (Wildman–Crippen MR) is 44.9 cm³/mol. The Bertz CT molecular complexity index is 410. The summed E-state index contributed by atoms with van der Waals surface area (Å²) >= 11 is 5.82. The van der Waals surface area contributed by atoms with Crippen LogP contribution in [0.1, 0.15) is 5.69 Å². The Kier molecular flexibility index (Phi) is 1.75. The minimum absolute atomic E-state index is 0.138. The lowest BCUT2D eigenvalue weighted by Crippen LogP contribution is -1.88. The van der Waals surface area contributed by atoms with Crippen molar-refractivity contribution in [2.45, 2.75) is 6.61 Å². The first kappa shape index (κ1) is 7.58. The van der Waals surface area contributed by atoms with Gasteiger partial charge in [0.1, 0.15) is 5.69 Å². The van der Waals surface area contributed by atoms with Gasteiger partial charge in [-0.2, -0.15) is 0 Å². The maximum Gasteiger partial charge on any atom is 0.159 e. The number of aromatic nitrogens is 1. The van der Waals surface area contributed by atoms with Gasteiger partial charge in [-0.15, -0.1) is 0 Å². The molecule has 0 aliphatic carbocycles. The first-order valence-electron chi connectivity index (χ1n) is 3.44. The highest BCUT2D eigenvalue weighted by Gasteiger charge is 2.07. The van der Waals surface area contributed by atoms with E-state index in [1.807, 2.05) is 0 Å². The normalized spacial score (nSPS) is 10.8. The Hall–Kier alpha value is -1.06. The largest absolute Gasteiger partial charge is 0.462 e. The number of hydrogen-bond donors (Lipinski definition) is 1. The monoisotopic (exact) mass is 183 g/mol. The first-order valence-corrected chi connectivity index (χ1v) is 3.82. The number of pyridine rings is 1. The molecule has 0 saturated carbocycles. The third-order valence-electron chi connectivity index (χ3n) is 1.67. The van der Waals surface area contributed by atoms with E-state index in [1.54, 1.807) is 6.07 Å². The van der Waals surface area contributed by atoms with E-state index in [1.165, 1.54) is 12.5 Å². The van der Waals surface area contributed by atoms with E-state index in [4.69, 9.17) is 21.1 Å². The quantitative estimate of drug-likeness (QED) is 0.735. The van der Waals surface area contributed by atoms with Crippen LogP contribution in [-0.2, 0) is 6.61 Å². The lowest BCUT2D eigenvalue weighted by Gasteiger charge is -1.96. The molecule has 0 bridgehead atoms. The maximum atomic E-state index is 8.88. The molecule has 0 fully saturated rings. The molecule has 62 valence electrons. The minimum Gasteiger partial charge on any atom is -0.462 e.